The molecular formula is C9H11N5O2. The Morgan fingerprint density at radius 3 is 2.88 bits per heavy atom. The van der Waals surface area contributed by atoms with Gasteiger partial charge in [0.15, 0.2) is 5.82 Å². The smallest absolute Gasteiger partial charge is 0.261 e. The van der Waals surface area contributed by atoms with Crippen molar-refractivity contribution in [2.24, 2.45) is 5.73 Å². The lowest BCUT2D eigenvalue weighted by atomic mass is 10.3. The zero-order valence-electron chi connectivity index (χ0n) is 8.70. The van der Waals surface area contributed by atoms with Crippen molar-refractivity contribution in [3.05, 3.63) is 24.5 Å². The fourth-order valence-electron chi connectivity index (χ4n) is 1.17. The van der Waals surface area contributed by atoms with Crippen molar-refractivity contribution in [1.29, 1.82) is 0 Å². The van der Waals surface area contributed by atoms with Crippen molar-refractivity contribution in [2.45, 2.75) is 6.04 Å². The summed E-state index contributed by atoms with van der Waals surface area (Å²) in [7, 11) is 1.56. The first kappa shape index (κ1) is 10.7. The van der Waals surface area contributed by atoms with E-state index in [4.69, 9.17) is 15.0 Å². The molecule has 2 N–H and O–H groups in total. The van der Waals surface area contributed by atoms with E-state index in [1.165, 1.54) is 6.33 Å². The van der Waals surface area contributed by atoms with E-state index in [9.17, 15) is 0 Å². The number of hydrogen-bond donors (Lipinski definition) is 1. The number of aromatic nitrogens is 4. The van der Waals surface area contributed by atoms with Crippen LogP contribution in [0.15, 0.2) is 23.2 Å². The van der Waals surface area contributed by atoms with Crippen LogP contribution in [0.2, 0.25) is 0 Å². The van der Waals surface area contributed by atoms with Crippen LogP contribution in [0.1, 0.15) is 11.9 Å². The molecule has 2 heterocycles. The number of nitrogens with two attached hydrogens (primary N) is 1. The highest BCUT2D eigenvalue weighted by Crippen LogP contribution is 2.16. The molecule has 0 bridgehead atoms. The summed E-state index contributed by atoms with van der Waals surface area (Å²) in [5, 5.41) is 3.76. The van der Waals surface area contributed by atoms with E-state index in [0.717, 1.165) is 0 Å². The largest absolute Gasteiger partial charge is 0.383 e. The predicted octanol–water partition coefficient (Wildman–Crippen LogP) is 0.173. The summed E-state index contributed by atoms with van der Waals surface area (Å²) in [6.07, 6.45) is 4.61. The first-order valence-corrected chi connectivity index (χ1v) is 4.64. The van der Waals surface area contributed by atoms with Crippen molar-refractivity contribution >= 4 is 0 Å². The SMILES string of the molecule is COCC(N)c1noc(-c2cncnc2)n1. The summed E-state index contributed by atoms with van der Waals surface area (Å²) < 4.78 is 9.94. The molecule has 2 aromatic heterocycles. The van der Waals surface area contributed by atoms with Gasteiger partial charge >= 0.3 is 0 Å². The highest BCUT2D eigenvalue weighted by molar-refractivity contribution is 5.48. The lowest BCUT2D eigenvalue weighted by Crippen LogP contribution is -2.17. The first-order valence-electron chi connectivity index (χ1n) is 4.64. The summed E-state index contributed by atoms with van der Waals surface area (Å²) in [6.45, 7) is 0.338. The van der Waals surface area contributed by atoms with Crippen molar-refractivity contribution in [2.75, 3.05) is 13.7 Å². The predicted molar refractivity (Wildman–Crippen MR) is 54.1 cm³/mol. The van der Waals surface area contributed by atoms with Crippen LogP contribution in [-0.4, -0.2) is 33.8 Å². The van der Waals surface area contributed by atoms with Gasteiger partial charge in [-0.2, -0.15) is 4.98 Å². The van der Waals surface area contributed by atoms with Crippen LogP contribution < -0.4 is 5.73 Å². The molecule has 1 atom stereocenters. The lowest BCUT2D eigenvalue weighted by molar-refractivity contribution is 0.177. The maximum Gasteiger partial charge on any atom is 0.261 e. The minimum atomic E-state index is -0.396. The Morgan fingerprint density at radius 1 is 1.44 bits per heavy atom. The normalized spacial score (nSPS) is 12.6. The molecule has 1 unspecified atom stereocenters. The molecule has 0 radical (unpaired) electrons. The first-order chi connectivity index (χ1) is 7.81. The van der Waals surface area contributed by atoms with Crippen molar-refractivity contribution < 1.29 is 9.26 Å². The summed E-state index contributed by atoms with van der Waals surface area (Å²) in [5.41, 5.74) is 6.41. The highest BCUT2D eigenvalue weighted by Gasteiger charge is 2.15. The van der Waals surface area contributed by atoms with Crippen molar-refractivity contribution in [1.82, 2.24) is 20.1 Å². The molecule has 0 aliphatic carbocycles. The monoisotopic (exact) mass is 221 g/mol. The van der Waals surface area contributed by atoms with Crippen molar-refractivity contribution in [3.63, 3.8) is 0 Å². The van der Waals surface area contributed by atoms with E-state index in [1.807, 2.05) is 0 Å². The van der Waals surface area contributed by atoms with Gasteiger partial charge in [0.25, 0.3) is 5.89 Å². The molecule has 7 heteroatoms. The van der Waals surface area contributed by atoms with Gasteiger partial charge in [-0.3, -0.25) is 0 Å². The molecular weight excluding hydrogens is 210 g/mol. The van der Waals surface area contributed by atoms with Gasteiger partial charge < -0.3 is 15.0 Å². The average Bonchev–Trinajstić information content (AvgIpc) is 2.80. The van der Waals surface area contributed by atoms with Gasteiger partial charge in [-0.15, -0.1) is 0 Å². The maximum atomic E-state index is 5.76. The van der Waals surface area contributed by atoms with E-state index in [-0.39, 0.29) is 0 Å². The third-order valence-electron chi connectivity index (χ3n) is 1.93. The second kappa shape index (κ2) is 4.77. The third kappa shape index (κ3) is 2.20. The molecule has 16 heavy (non-hydrogen) atoms. The number of ether oxygens (including phenoxy) is 1. The maximum absolute atomic E-state index is 5.76. The zero-order chi connectivity index (χ0) is 11.4. The Hall–Kier alpha value is -1.86. The summed E-state index contributed by atoms with van der Waals surface area (Å²) in [5.74, 6) is 0.753. The van der Waals surface area contributed by atoms with Gasteiger partial charge in [-0.25, -0.2) is 9.97 Å². The quantitative estimate of drug-likeness (QED) is 0.785. The molecule has 84 valence electrons. The number of methoxy groups -OCH3 is 1. The summed E-state index contributed by atoms with van der Waals surface area (Å²) in [4.78, 5) is 11.8. The lowest BCUT2D eigenvalue weighted by Gasteiger charge is -2.02. The molecule has 0 fully saturated rings. The molecule has 0 aliphatic heterocycles. The minimum Gasteiger partial charge on any atom is -0.383 e. The van der Waals surface area contributed by atoms with E-state index in [0.29, 0.717) is 23.9 Å². The van der Waals surface area contributed by atoms with Gasteiger partial charge in [0.2, 0.25) is 0 Å². The van der Waals surface area contributed by atoms with E-state index in [2.05, 4.69) is 20.1 Å². The number of nitrogens with zero attached hydrogens (tertiary/aromatic N) is 4. The standard InChI is InChI=1S/C9H11N5O2/c1-15-4-7(10)8-13-9(16-14-8)6-2-11-5-12-3-6/h2-3,5,7H,4,10H2,1H3. The van der Waals surface area contributed by atoms with Gasteiger partial charge in [0.1, 0.15) is 6.33 Å². The van der Waals surface area contributed by atoms with E-state index in [1.54, 1.807) is 19.5 Å². The van der Waals surface area contributed by atoms with Crippen LogP contribution in [0.5, 0.6) is 0 Å². The second-order valence-electron chi connectivity index (χ2n) is 3.15. The Balaban J connectivity index is 2.20. The van der Waals surface area contributed by atoms with Crippen LogP contribution in [0.3, 0.4) is 0 Å². The van der Waals surface area contributed by atoms with Gasteiger partial charge in [-0.1, -0.05) is 5.16 Å². The van der Waals surface area contributed by atoms with E-state index >= 15 is 0 Å². The number of rotatable bonds is 4. The summed E-state index contributed by atoms with van der Waals surface area (Å²) in [6, 6.07) is -0.396. The van der Waals surface area contributed by atoms with Crippen LogP contribution in [0.25, 0.3) is 11.5 Å². The minimum absolute atomic E-state index is 0.338. The van der Waals surface area contributed by atoms with Gasteiger partial charge in [-0.05, 0) is 0 Å². The Bertz CT molecular complexity index is 444. The molecule has 0 spiro atoms. The Morgan fingerprint density at radius 2 is 2.19 bits per heavy atom. The van der Waals surface area contributed by atoms with Crippen LogP contribution in [-0.2, 0) is 4.74 Å². The number of hydrogen-bond acceptors (Lipinski definition) is 7. The Labute approximate surface area is 91.7 Å². The van der Waals surface area contributed by atoms with E-state index < -0.39 is 6.04 Å². The Kier molecular flexibility index (Phi) is 3.18. The van der Waals surface area contributed by atoms with Crippen LogP contribution in [0, 0.1) is 0 Å². The fourth-order valence-corrected chi connectivity index (χ4v) is 1.17. The average molecular weight is 221 g/mol. The molecule has 2 rings (SSSR count). The van der Waals surface area contributed by atoms with Gasteiger partial charge in [0, 0.05) is 19.5 Å². The third-order valence-corrected chi connectivity index (χ3v) is 1.93. The molecule has 0 amide bonds. The fraction of sp³-hybridized carbons (Fsp3) is 0.333. The molecule has 0 saturated carbocycles. The van der Waals surface area contributed by atoms with Crippen molar-refractivity contribution in [3.8, 4) is 11.5 Å². The molecule has 7 nitrogen and oxygen atoms in total. The van der Waals surface area contributed by atoms with Gasteiger partial charge in [0.05, 0.1) is 18.2 Å². The molecule has 2 aromatic rings. The van der Waals surface area contributed by atoms with Crippen LogP contribution >= 0.6 is 0 Å². The summed E-state index contributed by atoms with van der Waals surface area (Å²) >= 11 is 0. The molecule has 0 saturated heterocycles. The topological polar surface area (TPSA) is 100.0 Å². The van der Waals surface area contributed by atoms with Crippen LogP contribution in [0.4, 0.5) is 0 Å². The second-order valence-corrected chi connectivity index (χ2v) is 3.15. The zero-order valence-corrected chi connectivity index (χ0v) is 8.70. The highest BCUT2D eigenvalue weighted by atomic mass is 16.5. The molecule has 0 aliphatic rings. The molecule has 0 aromatic carbocycles.